The molecule has 5 nitrogen and oxygen atoms in total. The molecule has 21 heavy (non-hydrogen) atoms. The second-order valence-electron chi connectivity index (χ2n) is 5.03. The molecule has 0 spiro atoms. The Hall–Kier alpha value is -2.74. The average Bonchev–Trinajstić information content (AvgIpc) is 3.02. The summed E-state index contributed by atoms with van der Waals surface area (Å²) in [4.78, 5) is 17.1. The lowest BCUT2D eigenvalue weighted by Gasteiger charge is -2.28. The highest BCUT2D eigenvalue weighted by molar-refractivity contribution is 5.93. The molecule has 2 heterocycles. The van der Waals surface area contributed by atoms with Crippen LogP contribution in [0.3, 0.4) is 0 Å². The molecule has 2 aromatic rings. The van der Waals surface area contributed by atoms with E-state index in [1.54, 1.807) is 24.3 Å². The number of aromatic amines is 1. The van der Waals surface area contributed by atoms with Crippen LogP contribution in [0.15, 0.2) is 30.5 Å². The second kappa shape index (κ2) is 5.33. The molecule has 0 atom stereocenters. The van der Waals surface area contributed by atoms with Crippen LogP contribution in [0.2, 0.25) is 0 Å². The first-order chi connectivity index (χ1) is 10.2. The lowest BCUT2D eigenvalue weighted by molar-refractivity contribution is 0.0729. The largest absolute Gasteiger partial charge is 0.497 e. The van der Waals surface area contributed by atoms with Crippen LogP contribution < -0.4 is 4.74 Å². The first kappa shape index (κ1) is 13.3. The summed E-state index contributed by atoms with van der Waals surface area (Å²) in [6.07, 6.45) is 2.36. The van der Waals surface area contributed by atoms with E-state index in [9.17, 15) is 4.79 Å². The van der Waals surface area contributed by atoms with Crippen molar-refractivity contribution >= 4 is 5.91 Å². The molecule has 0 saturated heterocycles. The Balaban J connectivity index is 1.79. The lowest BCUT2D eigenvalue weighted by Crippen LogP contribution is -2.36. The SMILES string of the molecule is COc1ccc2c(c1)CCN(C(=O)c1cc(C#N)c[nH]1)C2. The minimum atomic E-state index is -0.0713. The Morgan fingerprint density at radius 3 is 2.95 bits per heavy atom. The summed E-state index contributed by atoms with van der Waals surface area (Å²) in [7, 11) is 1.65. The fourth-order valence-corrected chi connectivity index (χ4v) is 2.58. The van der Waals surface area contributed by atoms with E-state index in [1.807, 2.05) is 24.3 Å². The minimum absolute atomic E-state index is 0.0713. The van der Waals surface area contributed by atoms with Gasteiger partial charge < -0.3 is 14.6 Å². The number of aromatic nitrogens is 1. The number of amides is 1. The van der Waals surface area contributed by atoms with E-state index in [0.29, 0.717) is 24.3 Å². The summed E-state index contributed by atoms with van der Waals surface area (Å²) in [6, 6.07) is 9.55. The number of nitriles is 1. The molecular weight excluding hydrogens is 266 g/mol. The smallest absolute Gasteiger partial charge is 0.270 e. The van der Waals surface area contributed by atoms with E-state index >= 15 is 0 Å². The number of benzene rings is 1. The first-order valence-electron chi connectivity index (χ1n) is 6.75. The third-order valence-corrected chi connectivity index (χ3v) is 3.76. The van der Waals surface area contributed by atoms with Gasteiger partial charge in [-0.1, -0.05) is 6.07 Å². The van der Waals surface area contributed by atoms with Gasteiger partial charge in [0.2, 0.25) is 0 Å². The number of rotatable bonds is 2. The highest BCUT2D eigenvalue weighted by atomic mass is 16.5. The average molecular weight is 281 g/mol. The number of ether oxygens (including phenoxy) is 1. The van der Waals surface area contributed by atoms with Crippen molar-refractivity contribution in [2.45, 2.75) is 13.0 Å². The molecule has 1 aliphatic rings. The maximum atomic E-state index is 12.4. The van der Waals surface area contributed by atoms with Crippen molar-refractivity contribution in [2.75, 3.05) is 13.7 Å². The number of methoxy groups -OCH3 is 1. The maximum Gasteiger partial charge on any atom is 0.270 e. The third kappa shape index (κ3) is 2.48. The fraction of sp³-hybridized carbons (Fsp3) is 0.250. The summed E-state index contributed by atoms with van der Waals surface area (Å²) in [5.41, 5.74) is 3.30. The number of nitrogens with one attached hydrogen (secondary N) is 1. The van der Waals surface area contributed by atoms with Crippen molar-refractivity contribution in [3.8, 4) is 11.8 Å². The topological polar surface area (TPSA) is 69.1 Å². The van der Waals surface area contributed by atoms with Crippen molar-refractivity contribution < 1.29 is 9.53 Å². The van der Waals surface area contributed by atoms with Gasteiger partial charge in [0, 0.05) is 19.3 Å². The Labute approximate surface area is 122 Å². The van der Waals surface area contributed by atoms with Crippen LogP contribution in [-0.2, 0) is 13.0 Å². The number of carbonyl (C=O) groups excluding carboxylic acids is 1. The Morgan fingerprint density at radius 2 is 2.24 bits per heavy atom. The molecule has 5 heteroatoms. The van der Waals surface area contributed by atoms with Crippen molar-refractivity contribution in [2.24, 2.45) is 0 Å². The van der Waals surface area contributed by atoms with E-state index in [4.69, 9.17) is 10.00 Å². The zero-order chi connectivity index (χ0) is 14.8. The third-order valence-electron chi connectivity index (χ3n) is 3.76. The van der Waals surface area contributed by atoms with E-state index in [2.05, 4.69) is 4.98 Å². The zero-order valence-electron chi connectivity index (χ0n) is 11.7. The van der Waals surface area contributed by atoms with E-state index in [1.165, 1.54) is 5.56 Å². The number of nitrogens with zero attached hydrogens (tertiary/aromatic N) is 2. The van der Waals surface area contributed by atoms with Crippen molar-refractivity contribution in [3.05, 3.63) is 52.8 Å². The summed E-state index contributed by atoms with van der Waals surface area (Å²) in [6.45, 7) is 1.25. The van der Waals surface area contributed by atoms with Crippen LogP contribution in [0.5, 0.6) is 5.75 Å². The molecule has 1 aliphatic heterocycles. The van der Waals surface area contributed by atoms with Crippen molar-refractivity contribution in [3.63, 3.8) is 0 Å². The first-order valence-corrected chi connectivity index (χ1v) is 6.75. The highest BCUT2D eigenvalue weighted by Crippen LogP contribution is 2.24. The molecule has 1 aromatic heterocycles. The van der Waals surface area contributed by atoms with Gasteiger partial charge in [-0.3, -0.25) is 4.79 Å². The molecule has 3 rings (SSSR count). The molecular formula is C16H15N3O2. The molecule has 0 fully saturated rings. The zero-order valence-corrected chi connectivity index (χ0v) is 11.7. The molecule has 0 unspecified atom stereocenters. The Morgan fingerprint density at radius 1 is 1.38 bits per heavy atom. The van der Waals surface area contributed by atoms with Gasteiger partial charge in [-0.15, -0.1) is 0 Å². The van der Waals surface area contributed by atoms with E-state index in [-0.39, 0.29) is 5.91 Å². The molecule has 0 saturated carbocycles. The van der Waals surface area contributed by atoms with E-state index < -0.39 is 0 Å². The van der Waals surface area contributed by atoms with Gasteiger partial charge in [0.05, 0.1) is 12.7 Å². The standard InChI is InChI=1S/C16H15N3O2/c1-21-14-3-2-13-10-19(5-4-12(13)7-14)16(20)15-6-11(8-17)9-18-15/h2-3,6-7,9,18H,4-5,10H2,1H3. The van der Waals surface area contributed by atoms with Crippen molar-refractivity contribution in [1.29, 1.82) is 5.26 Å². The molecule has 106 valence electrons. The van der Waals surface area contributed by atoms with Crippen LogP contribution in [-0.4, -0.2) is 29.4 Å². The summed E-state index contributed by atoms with van der Waals surface area (Å²) < 4.78 is 5.22. The highest BCUT2D eigenvalue weighted by Gasteiger charge is 2.23. The van der Waals surface area contributed by atoms with Gasteiger partial charge in [0.15, 0.2) is 0 Å². The van der Waals surface area contributed by atoms with Crippen molar-refractivity contribution in [1.82, 2.24) is 9.88 Å². The van der Waals surface area contributed by atoms with Gasteiger partial charge in [0.1, 0.15) is 17.5 Å². The Kier molecular flexibility index (Phi) is 3.36. The number of hydrogen-bond donors (Lipinski definition) is 1. The number of fused-ring (bicyclic) bond motifs is 1. The van der Waals surface area contributed by atoms with E-state index in [0.717, 1.165) is 17.7 Å². The quantitative estimate of drug-likeness (QED) is 0.916. The number of hydrogen-bond acceptors (Lipinski definition) is 3. The Bertz CT molecular complexity index is 727. The van der Waals surface area contributed by atoms with Gasteiger partial charge in [0.25, 0.3) is 5.91 Å². The maximum absolute atomic E-state index is 12.4. The van der Waals surface area contributed by atoms with Crippen LogP contribution in [0, 0.1) is 11.3 Å². The predicted molar refractivity (Wildman–Crippen MR) is 76.9 cm³/mol. The van der Waals surface area contributed by atoms with Gasteiger partial charge in [-0.25, -0.2) is 0 Å². The normalized spacial score (nSPS) is 13.4. The monoisotopic (exact) mass is 281 g/mol. The van der Waals surface area contributed by atoms with Crippen LogP contribution in [0.1, 0.15) is 27.2 Å². The van der Waals surface area contributed by atoms with Gasteiger partial charge in [-0.2, -0.15) is 5.26 Å². The number of carbonyl (C=O) groups is 1. The molecule has 1 amide bonds. The number of H-pyrrole nitrogens is 1. The molecule has 0 radical (unpaired) electrons. The second-order valence-corrected chi connectivity index (χ2v) is 5.03. The molecule has 0 aliphatic carbocycles. The lowest BCUT2D eigenvalue weighted by atomic mass is 9.99. The molecule has 0 bridgehead atoms. The van der Waals surface area contributed by atoms with Crippen LogP contribution >= 0.6 is 0 Å². The molecule has 1 N–H and O–H groups in total. The van der Waals surface area contributed by atoms with Crippen LogP contribution in [0.4, 0.5) is 0 Å². The minimum Gasteiger partial charge on any atom is -0.497 e. The predicted octanol–water partition coefficient (Wildman–Crippen LogP) is 2.09. The molecule has 1 aromatic carbocycles. The fourth-order valence-electron chi connectivity index (χ4n) is 2.58. The summed E-state index contributed by atoms with van der Waals surface area (Å²) in [5.74, 6) is 0.773. The van der Waals surface area contributed by atoms with Gasteiger partial charge in [-0.05, 0) is 35.7 Å². The summed E-state index contributed by atoms with van der Waals surface area (Å²) in [5, 5.41) is 8.82. The summed E-state index contributed by atoms with van der Waals surface area (Å²) >= 11 is 0. The van der Waals surface area contributed by atoms with Crippen LogP contribution in [0.25, 0.3) is 0 Å². The van der Waals surface area contributed by atoms with Gasteiger partial charge >= 0.3 is 0 Å².